The van der Waals surface area contributed by atoms with E-state index in [-0.39, 0.29) is 18.1 Å². The molecule has 0 spiro atoms. The first kappa shape index (κ1) is 21.9. The van der Waals surface area contributed by atoms with Crippen molar-refractivity contribution in [2.24, 2.45) is 0 Å². The summed E-state index contributed by atoms with van der Waals surface area (Å²) < 4.78 is 16.6. The average Bonchev–Trinajstić information content (AvgIpc) is 2.69. The summed E-state index contributed by atoms with van der Waals surface area (Å²) in [5.74, 6) is 1.76. The molecule has 7 nitrogen and oxygen atoms in total. The molecule has 2 fully saturated rings. The highest BCUT2D eigenvalue weighted by molar-refractivity contribution is 5.78. The maximum Gasteiger partial charge on any atom is 0.236 e. The van der Waals surface area contributed by atoms with Crippen LogP contribution in [-0.2, 0) is 16.1 Å². The van der Waals surface area contributed by atoms with E-state index in [1.54, 1.807) is 14.2 Å². The minimum atomic E-state index is 0.115. The fraction of sp³-hybridized carbons (Fsp3) is 0.682. The van der Waals surface area contributed by atoms with E-state index in [2.05, 4.69) is 22.8 Å². The van der Waals surface area contributed by atoms with Gasteiger partial charge in [-0.05, 0) is 44.0 Å². The molecular formula is C22H35N3O4. The van der Waals surface area contributed by atoms with E-state index in [1.165, 1.54) is 11.1 Å². The third kappa shape index (κ3) is 5.62. The molecule has 2 saturated heterocycles. The highest BCUT2D eigenvalue weighted by Gasteiger charge is 2.28. The van der Waals surface area contributed by atoms with E-state index in [4.69, 9.17) is 14.2 Å². The average molecular weight is 406 g/mol. The molecule has 1 amide bonds. The van der Waals surface area contributed by atoms with Gasteiger partial charge < -0.3 is 19.1 Å². The number of nitrogens with zero attached hydrogens (tertiary/aromatic N) is 3. The smallest absolute Gasteiger partial charge is 0.236 e. The molecule has 2 aliphatic heterocycles. The van der Waals surface area contributed by atoms with Crippen molar-refractivity contribution in [3.05, 3.63) is 23.3 Å². The molecule has 0 unspecified atom stereocenters. The van der Waals surface area contributed by atoms with Crippen molar-refractivity contribution in [3.63, 3.8) is 0 Å². The lowest BCUT2D eigenvalue weighted by molar-refractivity contribution is -0.144. The van der Waals surface area contributed by atoms with Crippen molar-refractivity contribution in [3.8, 4) is 11.5 Å². The maximum atomic E-state index is 12.7. The van der Waals surface area contributed by atoms with Crippen molar-refractivity contribution < 1.29 is 19.0 Å². The summed E-state index contributed by atoms with van der Waals surface area (Å²) in [4.78, 5) is 19.4. The van der Waals surface area contributed by atoms with E-state index in [9.17, 15) is 4.79 Å². The number of methoxy groups -OCH3 is 2. The number of hydrogen-bond donors (Lipinski definition) is 0. The van der Waals surface area contributed by atoms with Crippen LogP contribution in [-0.4, -0.2) is 92.8 Å². The first-order chi connectivity index (χ1) is 13.9. The Labute approximate surface area is 174 Å². The van der Waals surface area contributed by atoms with Crippen molar-refractivity contribution in [1.82, 2.24) is 14.7 Å². The van der Waals surface area contributed by atoms with Gasteiger partial charge in [0.15, 0.2) is 11.5 Å². The minimum Gasteiger partial charge on any atom is -0.493 e. The Morgan fingerprint density at radius 3 is 2.14 bits per heavy atom. The zero-order valence-corrected chi connectivity index (χ0v) is 18.4. The number of ether oxygens (including phenoxy) is 3. The molecular weight excluding hydrogens is 370 g/mol. The van der Waals surface area contributed by atoms with Crippen LogP contribution in [0, 0.1) is 6.92 Å². The first-order valence-corrected chi connectivity index (χ1v) is 10.5. The Kier molecular flexibility index (Phi) is 7.38. The third-order valence-corrected chi connectivity index (χ3v) is 5.83. The number of carbonyl (C=O) groups is 1. The van der Waals surface area contributed by atoms with Crippen LogP contribution in [0.15, 0.2) is 12.1 Å². The normalized spacial score (nSPS) is 23.8. The molecule has 0 radical (unpaired) electrons. The van der Waals surface area contributed by atoms with Crippen molar-refractivity contribution in [2.75, 3.05) is 60.0 Å². The molecule has 3 rings (SSSR count). The van der Waals surface area contributed by atoms with Crippen molar-refractivity contribution in [1.29, 1.82) is 0 Å². The summed E-state index contributed by atoms with van der Waals surface area (Å²) in [5.41, 5.74) is 2.46. The number of rotatable bonds is 6. The van der Waals surface area contributed by atoms with E-state index in [0.29, 0.717) is 19.6 Å². The summed E-state index contributed by atoms with van der Waals surface area (Å²) in [6.45, 7) is 12.7. The lowest BCUT2D eigenvalue weighted by Gasteiger charge is -2.38. The number of morpholine rings is 1. The lowest BCUT2D eigenvalue weighted by Crippen LogP contribution is -2.53. The second kappa shape index (κ2) is 9.78. The Morgan fingerprint density at radius 1 is 1.00 bits per heavy atom. The molecule has 0 aromatic heterocycles. The van der Waals surface area contributed by atoms with Gasteiger partial charge in [-0.3, -0.25) is 14.6 Å². The van der Waals surface area contributed by atoms with E-state index < -0.39 is 0 Å². The van der Waals surface area contributed by atoms with Gasteiger partial charge in [0.1, 0.15) is 0 Å². The fourth-order valence-corrected chi connectivity index (χ4v) is 4.21. The van der Waals surface area contributed by atoms with E-state index in [1.807, 2.05) is 24.8 Å². The van der Waals surface area contributed by atoms with Crippen molar-refractivity contribution >= 4 is 5.91 Å². The van der Waals surface area contributed by atoms with Gasteiger partial charge in [-0.25, -0.2) is 0 Å². The molecule has 1 aromatic rings. The van der Waals surface area contributed by atoms with Crippen LogP contribution in [0.5, 0.6) is 11.5 Å². The van der Waals surface area contributed by atoms with Crippen LogP contribution in [0.2, 0.25) is 0 Å². The van der Waals surface area contributed by atoms with Crippen LogP contribution < -0.4 is 9.47 Å². The second-order valence-corrected chi connectivity index (χ2v) is 8.24. The molecule has 1 aromatic carbocycles. The number of piperazine rings is 1. The zero-order chi connectivity index (χ0) is 21.0. The first-order valence-electron chi connectivity index (χ1n) is 10.5. The number of benzene rings is 1. The number of hydrogen-bond acceptors (Lipinski definition) is 6. The van der Waals surface area contributed by atoms with Crippen molar-refractivity contribution in [2.45, 2.75) is 39.5 Å². The van der Waals surface area contributed by atoms with Gasteiger partial charge in [-0.15, -0.1) is 0 Å². The van der Waals surface area contributed by atoms with Crippen LogP contribution in [0.1, 0.15) is 25.0 Å². The number of aryl methyl sites for hydroxylation is 1. The van der Waals surface area contributed by atoms with Gasteiger partial charge in [0.05, 0.1) is 33.0 Å². The largest absolute Gasteiger partial charge is 0.493 e. The predicted octanol–water partition coefficient (Wildman–Crippen LogP) is 1.77. The van der Waals surface area contributed by atoms with E-state index in [0.717, 1.165) is 44.2 Å². The molecule has 0 saturated carbocycles. The fourth-order valence-electron chi connectivity index (χ4n) is 4.21. The van der Waals surface area contributed by atoms with Crippen LogP contribution >= 0.6 is 0 Å². The molecule has 2 heterocycles. The van der Waals surface area contributed by atoms with Gasteiger partial charge in [0, 0.05) is 45.8 Å². The number of carbonyl (C=O) groups excluding carboxylic acids is 1. The Hall–Kier alpha value is -1.83. The quantitative estimate of drug-likeness (QED) is 0.719. The molecule has 0 bridgehead atoms. The summed E-state index contributed by atoms with van der Waals surface area (Å²) >= 11 is 0. The Balaban J connectivity index is 1.50. The SMILES string of the molecule is COc1cc(C)c(CN2CCN(CC(=O)N3C[C@H](C)O[C@@H](C)C3)CC2)cc1OC. The van der Waals surface area contributed by atoms with Gasteiger partial charge in [0.2, 0.25) is 5.91 Å². The summed E-state index contributed by atoms with van der Waals surface area (Å²) in [7, 11) is 3.33. The highest BCUT2D eigenvalue weighted by Crippen LogP contribution is 2.31. The highest BCUT2D eigenvalue weighted by atomic mass is 16.5. The van der Waals surface area contributed by atoms with Gasteiger partial charge >= 0.3 is 0 Å². The molecule has 0 aliphatic carbocycles. The van der Waals surface area contributed by atoms with Gasteiger partial charge in [0.25, 0.3) is 0 Å². The monoisotopic (exact) mass is 405 g/mol. The zero-order valence-electron chi connectivity index (χ0n) is 18.4. The third-order valence-electron chi connectivity index (χ3n) is 5.83. The molecule has 2 atom stereocenters. The molecule has 162 valence electrons. The molecule has 2 aliphatic rings. The molecule has 7 heteroatoms. The van der Waals surface area contributed by atoms with E-state index >= 15 is 0 Å². The van der Waals surface area contributed by atoms with Crippen LogP contribution in [0.4, 0.5) is 0 Å². The molecule has 29 heavy (non-hydrogen) atoms. The topological polar surface area (TPSA) is 54.5 Å². The van der Waals surface area contributed by atoms with Gasteiger partial charge in [-0.2, -0.15) is 0 Å². The standard InChI is InChI=1S/C22H35N3O4/c1-16-10-20(27-4)21(28-5)11-19(16)14-23-6-8-24(9-7-23)15-22(26)25-12-17(2)29-18(3)13-25/h10-11,17-18H,6-9,12-15H2,1-5H3/t17-,18-/m0/s1. The predicted molar refractivity (Wildman–Crippen MR) is 113 cm³/mol. The lowest BCUT2D eigenvalue weighted by atomic mass is 10.1. The Morgan fingerprint density at radius 2 is 1.55 bits per heavy atom. The van der Waals surface area contributed by atoms with Crippen LogP contribution in [0.3, 0.4) is 0 Å². The van der Waals surface area contributed by atoms with Crippen LogP contribution in [0.25, 0.3) is 0 Å². The number of amides is 1. The Bertz CT molecular complexity index is 694. The maximum absolute atomic E-state index is 12.7. The summed E-state index contributed by atoms with van der Waals surface area (Å²) in [6, 6.07) is 4.11. The minimum absolute atomic E-state index is 0.115. The molecule has 0 N–H and O–H groups in total. The second-order valence-electron chi connectivity index (χ2n) is 8.24. The summed E-state index contributed by atoms with van der Waals surface area (Å²) in [6.07, 6.45) is 0.230. The van der Waals surface area contributed by atoms with Gasteiger partial charge in [-0.1, -0.05) is 0 Å². The summed E-state index contributed by atoms with van der Waals surface area (Å²) in [5, 5.41) is 0.